The molecule has 2 aliphatic heterocycles. The quantitative estimate of drug-likeness (QED) is 0.249. The third kappa shape index (κ3) is 6.53. The first-order valence-electron chi connectivity index (χ1n) is 15.6. The first-order valence-corrected chi connectivity index (χ1v) is 15.6. The van der Waals surface area contributed by atoms with Crippen LogP contribution in [0.1, 0.15) is 69.8 Å². The van der Waals surface area contributed by atoms with E-state index >= 15 is 0 Å². The molecule has 6 rings (SSSR count). The van der Waals surface area contributed by atoms with Crippen molar-refractivity contribution in [1.82, 2.24) is 29.4 Å². The highest BCUT2D eigenvalue weighted by molar-refractivity contribution is 5.77. The molecule has 44 heavy (non-hydrogen) atoms. The zero-order valence-electron chi connectivity index (χ0n) is 26.0. The number of alkyl halides is 2. The standard InChI is InChI=1S/C33H42F2N8O/c1-22(2)41-15-13-23(14-16-41)25-10-6-5-9-24(25)21-33(3,4)40-30-37-31(42-17-19-44-20-18-42)39-32(38-30)43-27-12-8-7-11-26(27)36-29(43)28(34)35/h5-12,22-23,28H,13-21H2,1-4H3,(H,37,38,39,40). The number of aromatic nitrogens is 5. The molecule has 0 amide bonds. The molecule has 4 heterocycles. The van der Waals surface area contributed by atoms with Crippen LogP contribution < -0.4 is 10.2 Å². The number of halogens is 2. The molecule has 1 N–H and O–H groups in total. The highest BCUT2D eigenvalue weighted by Crippen LogP contribution is 2.33. The summed E-state index contributed by atoms with van der Waals surface area (Å²) in [5.74, 6) is 0.999. The van der Waals surface area contributed by atoms with Crippen LogP contribution in [0.25, 0.3) is 17.0 Å². The average molecular weight is 605 g/mol. The molecular formula is C33H42F2N8O. The first kappa shape index (κ1) is 30.3. The smallest absolute Gasteiger partial charge is 0.296 e. The molecule has 234 valence electrons. The fourth-order valence-electron chi connectivity index (χ4n) is 6.46. The summed E-state index contributed by atoms with van der Waals surface area (Å²) in [5.41, 5.74) is 3.24. The number of ether oxygens (including phenoxy) is 1. The van der Waals surface area contributed by atoms with Gasteiger partial charge in [0.05, 0.1) is 24.2 Å². The van der Waals surface area contributed by atoms with Crippen molar-refractivity contribution >= 4 is 22.9 Å². The van der Waals surface area contributed by atoms with Gasteiger partial charge < -0.3 is 19.9 Å². The van der Waals surface area contributed by atoms with Crippen LogP contribution >= 0.6 is 0 Å². The maximum absolute atomic E-state index is 14.3. The lowest BCUT2D eigenvalue weighted by Crippen LogP contribution is -2.39. The molecule has 0 saturated carbocycles. The summed E-state index contributed by atoms with van der Waals surface area (Å²) in [5, 5.41) is 3.55. The normalized spacial score (nSPS) is 17.2. The molecule has 0 bridgehead atoms. The van der Waals surface area contributed by atoms with Crippen molar-refractivity contribution in [3.8, 4) is 5.95 Å². The van der Waals surface area contributed by atoms with E-state index in [4.69, 9.17) is 19.7 Å². The number of hydrogen-bond acceptors (Lipinski definition) is 8. The summed E-state index contributed by atoms with van der Waals surface area (Å²) >= 11 is 0. The van der Waals surface area contributed by atoms with Crippen LogP contribution in [0.4, 0.5) is 20.7 Å². The number of nitrogens with zero attached hydrogens (tertiary/aromatic N) is 7. The van der Waals surface area contributed by atoms with Crippen molar-refractivity contribution in [2.75, 3.05) is 49.6 Å². The van der Waals surface area contributed by atoms with Gasteiger partial charge in [0.1, 0.15) is 0 Å². The third-order valence-electron chi connectivity index (χ3n) is 8.72. The molecule has 2 aliphatic rings. The number of morpholine rings is 1. The van der Waals surface area contributed by atoms with Crippen molar-refractivity contribution < 1.29 is 13.5 Å². The zero-order chi connectivity index (χ0) is 30.8. The lowest BCUT2D eigenvalue weighted by atomic mass is 9.82. The molecule has 0 unspecified atom stereocenters. The molecule has 2 aromatic carbocycles. The van der Waals surface area contributed by atoms with Gasteiger partial charge in [-0.2, -0.15) is 15.0 Å². The van der Waals surface area contributed by atoms with E-state index in [9.17, 15) is 8.78 Å². The van der Waals surface area contributed by atoms with Gasteiger partial charge >= 0.3 is 0 Å². The minimum Gasteiger partial charge on any atom is -0.378 e. The van der Waals surface area contributed by atoms with Crippen LogP contribution in [-0.4, -0.2) is 80.4 Å². The lowest BCUT2D eigenvalue weighted by Gasteiger charge is -2.36. The van der Waals surface area contributed by atoms with E-state index in [-0.39, 0.29) is 5.95 Å². The fraction of sp³-hybridized carbons (Fsp3) is 0.515. The average Bonchev–Trinajstić information content (AvgIpc) is 3.41. The molecule has 0 aliphatic carbocycles. The second kappa shape index (κ2) is 12.7. The molecule has 0 spiro atoms. The van der Waals surface area contributed by atoms with Gasteiger partial charge in [-0.05, 0) is 89.2 Å². The minimum absolute atomic E-state index is 0.112. The number of imidazole rings is 1. The van der Waals surface area contributed by atoms with Gasteiger partial charge in [-0.25, -0.2) is 13.8 Å². The van der Waals surface area contributed by atoms with Gasteiger partial charge in [0, 0.05) is 24.7 Å². The highest BCUT2D eigenvalue weighted by atomic mass is 19.3. The summed E-state index contributed by atoms with van der Waals surface area (Å²) < 4.78 is 35.4. The van der Waals surface area contributed by atoms with Gasteiger partial charge in [-0.3, -0.25) is 4.57 Å². The van der Waals surface area contributed by atoms with Crippen molar-refractivity contribution in [3.63, 3.8) is 0 Å². The van der Waals surface area contributed by atoms with Crippen LogP contribution in [0.5, 0.6) is 0 Å². The summed E-state index contributed by atoms with van der Waals surface area (Å²) in [6.07, 6.45) is 0.239. The number of nitrogens with one attached hydrogen (secondary N) is 1. The molecular weight excluding hydrogens is 562 g/mol. The van der Waals surface area contributed by atoms with E-state index in [0.29, 0.717) is 61.2 Å². The summed E-state index contributed by atoms with van der Waals surface area (Å²) in [6, 6.07) is 16.4. The Kier molecular flexibility index (Phi) is 8.77. The number of anilines is 2. The minimum atomic E-state index is -2.80. The van der Waals surface area contributed by atoms with Gasteiger partial charge in [-0.1, -0.05) is 36.4 Å². The van der Waals surface area contributed by atoms with Crippen LogP contribution in [0.15, 0.2) is 48.5 Å². The van der Waals surface area contributed by atoms with E-state index < -0.39 is 17.8 Å². The molecule has 0 atom stereocenters. The Labute approximate surface area is 257 Å². The fourth-order valence-corrected chi connectivity index (χ4v) is 6.46. The number of rotatable bonds is 9. The van der Waals surface area contributed by atoms with E-state index in [2.05, 4.69) is 67.2 Å². The van der Waals surface area contributed by atoms with E-state index in [1.165, 1.54) is 15.7 Å². The Morgan fingerprint density at radius 3 is 2.30 bits per heavy atom. The van der Waals surface area contributed by atoms with Crippen LogP contribution in [0.3, 0.4) is 0 Å². The second-order valence-corrected chi connectivity index (χ2v) is 12.7. The predicted octanol–water partition coefficient (Wildman–Crippen LogP) is 6.01. The summed E-state index contributed by atoms with van der Waals surface area (Å²) in [7, 11) is 0. The number of benzene rings is 2. The lowest BCUT2D eigenvalue weighted by molar-refractivity contribution is 0.122. The molecule has 0 radical (unpaired) electrons. The molecule has 9 nitrogen and oxygen atoms in total. The Morgan fingerprint density at radius 2 is 1.57 bits per heavy atom. The largest absolute Gasteiger partial charge is 0.378 e. The monoisotopic (exact) mass is 604 g/mol. The summed E-state index contributed by atoms with van der Waals surface area (Å²) in [6.45, 7) is 13.3. The van der Waals surface area contributed by atoms with E-state index in [1.807, 2.05) is 4.90 Å². The number of para-hydroxylation sites is 2. The number of fused-ring (bicyclic) bond motifs is 1. The Balaban J connectivity index is 1.32. The Morgan fingerprint density at radius 1 is 0.886 bits per heavy atom. The molecule has 11 heteroatoms. The van der Waals surface area contributed by atoms with Crippen molar-refractivity contribution in [3.05, 3.63) is 65.5 Å². The van der Waals surface area contributed by atoms with Gasteiger partial charge in [-0.15, -0.1) is 0 Å². The van der Waals surface area contributed by atoms with Crippen LogP contribution in [0, 0.1) is 0 Å². The zero-order valence-corrected chi connectivity index (χ0v) is 26.0. The van der Waals surface area contributed by atoms with Gasteiger partial charge in [0.25, 0.3) is 6.43 Å². The van der Waals surface area contributed by atoms with Crippen molar-refractivity contribution in [1.29, 1.82) is 0 Å². The SMILES string of the molecule is CC(C)N1CCC(c2ccccc2CC(C)(C)Nc2nc(N3CCOCC3)nc(-n3c(C(F)F)nc4ccccc43)n2)CC1. The van der Waals surface area contributed by atoms with Gasteiger partial charge in [0.2, 0.25) is 17.8 Å². The summed E-state index contributed by atoms with van der Waals surface area (Å²) in [4.78, 5) is 23.0. The number of likely N-dealkylation sites (tertiary alicyclic amines) is 1. The molecule has 2 saturated heterocycles. The molecule has 2 fully saturated rings. The number of hydrogen-bond donors (Lipinski definition) is 1. The highest BCUT2D eigenvalue weighted by Gasteiger charge is 2.29. The topological polar surface area (TPSA) is 84.2 Å². The third-order valence-corrected chi connectivity index (χ3v) is 8.72. The van der Waals surface area contributed by atoms with Gasteiger partial charge in [0.15, 0.2) is 5.82 Å². The van der Waals surface area contributed by atoms with E-state index in [0.717, 1.165) is 32.4 Å². The first-order chi connectivity index (χ1) is 21.2. The molecule has 4 aromatic rings. The van der Waals surface area contributed by atoms with Crippen LogP contribution in [-0.2, 0) is 11.2 Å². The number of piperidine rings is 1. The van der Waals surface area contributed by atoms with Crippen LogP contribution in [0.2, 0.25) is 0 Å². The maximum Gasteiger partial charge on any atom is 0.296 e. The predicted molar refractivity (Wildman–Crippen MR) is 169 cm³/mol. The Hall–Kier alpha value is -3.70. The van der Waals surface area contributed by atoms with Crippen molar-refractivity contribution in [2.45, 2.75) is 70.9 Å². The van der Waals surface area contributed by atoms with Crippen molar-refractivity contribution in [2.24, 2.45) is 0 Å². The second-order valence-electron chi connectivity index (χ2n) is 12.7. The van der Waals surface area contributed by atoms with E-state index in [1.54, 1.807) is 24.3 Å². The maximum atomic E-state index is 14.3. The molecule has 2 aromatic heterocycles. The Bertz CT molecular complexity index is 1580.